The molecular formula is C25H24ClN3O5. The predicted octanol–water partition coefficient (Wildman–Crippen LogP) is 4.43. The molecule has 9 heteroatoms. The standard InChI is InChI=1S/C25H24ClN3O5/c1-28-20-10-7-15(11-21(20)29(2)25(28)32)14-34-23-17(5-4-6-22(23)33-3)13-27-19-12-16(24(30)31)8-9-18(19)26/h4-12,27H,13-14H2,1-3H3,(H,30,31). The summed E-state index contributed by atoms with van der Waals surface area (Å²) in [5, 5.41) is 12.8. The molecule has 0 amide bonds. The average Bonchev–Trinajstić information content (AvgIpc) is 3.05. The lowest BCUT2D eigenvalue weighted by atomic mass is 10.1. The van der Waals surface area contributed by atoms with Gasteiger partial charge in [-0.05, 0) is 42.0 Å². The van der Waals surface area contributed by atoms with E-state index in [9.17, 15) is 14.7 Å². The van der Waals surface area contributed by atoms with E-state index < -0.39 is 5.97 Å². The molecule has 0 unspecified atom stereocenters. The van der Waals surface area contributed by atoms with Crippen LogP contribution in [0, 0.1) is 0 Å². The molecule has 0 aliphatic carbocycles. The van der Waals surface area contributed by atoms with E-state index in [4.69, 9.17) is 21.1 Å². The second-order valence-corrected chi connectivity index (χ2v) is 8.22. The number of methoxy groups -OCH3 is 1. The van der Waals surface area contributed by atoms with Crippen molar-refractivity contribution in [3.05, 3.63) is 86.8 Å². The number of ether oxygens (including phenoxy) is 2. The van der Waals surface area contributed by atoms with Gasteiger partial charge in [-0.3, -0.25) is 9.13 Å². The van der Waals surface area contributed by atoms with E-state index in [0.717, 1.165) is 22.2 Å². The first-order valence-electron chi connectivity index (χ1n) is 10.5. The fraction of sp³-hybridized carbons (Fsp3) is 0.200. The molecule has 0 saturated carbocycles. The van der Waals surface area contributed by atoms with Crippen LogP contribution < -0.4 is 20.5 Å². The molecular weight excluding hydrogens is 458 g/mol. The van der Waals surface area contributed by atoms with Crippen LogP contribution in [0.1, 0.15) is 21.5 Å². The Balaban J connectivity index is 1.58. The SMILES string of the molecule is COc1cccc(CNc2cc(C(=O)O)ccc2Cl)c1OCc1ccc2c(c1)n(C)c(=O)n2C. The van der Waals surface area contributed by atoms with Gasteiger partial charge in [-0.1, -0.05) is 29.8 Å². The molecule has 0 spiro atoms. The highest BCUT2D eigenvalue weighted by atomic mass is 35.5. The molecule has 0 aliphatic rings. The van der Waals surface area contributed by atoms with Crippen LogP contribution in [0.4, 0.5) is 5.69 Å². The molecule has 0 bridgehead atoms. The third-order valence-corrected chi connectivity index (χ3v) is 6.01. The summed E-state index contributed by atoms with van der Waals surface area (Å²) in [6, 6.07) is 15.8. The van der Waals surface area contributed by atoms with Crippen LogP contribution in [0.2, 0.25) is 5.02 Å². The fourth-order valence-corrected chi connectivity index (χ4v) is 3.99. The lowest BCUT2D eigenvalue weighted by Gasteiger charge is -2.17. The van der Waals surface area contributed by atoms with Crippen molar-refractivity contribution in [1.82, 2.24) is 9.13 Å². The minimum absolute atomic E-state index is 0.0863. The van der Waals surface area contributed by atoms with Crippen LogP contribution in [0.15, 0.2) is 59.4 Å². The van der Waals surface area contributed by atoms with Crippen molar-refractivity contribution in [2.75, 3.05) is 12.4 Å². The second-order valence-electron chi connectivity index (χ2n) is 7.81. The Morgan fingerprint density at radius 3 is 2.56 bits per heavy atom. The maximum absolute atomic E-state index is 12.2. The first-order chi connectivity index (χ1) is 16.3. The molecule has 3 aromatic carbocycles. The number of carbonyl (C=O) groups is 1. The number of imidazole rings is 1. The zero-order chi connectivity index (χ0) is 24.4. The smallest absolute Gasteiger partial charge is 0.335 e. The number of nitrogens with one attached hydrogen (secondary N) is 1. The van der Waals surface area contributed by atoms with Crippen LogP contribution >= 0.6 is 11.6 Å². The van der Waals surface area contributed by atoms with Gasteiger partial charge in [-0.15, -0.1) is 0 Å². The number of halogens is 1. The number of hydrogen-bond donors (Lipinski definition) is 2. The Hall–Kier alpha value is -3.91. The van der Waals surface area contributed by atoms with E-state index >= 15 is 0 Å². The van der Waals surface area contributed by atoms with Gasteiger partial charge in [-0.25, -0.2) is 9.59 Å². The maximum Gasteiger partial charge on any atom is 0.335 e. The highest BCUT2D eigenvalue weighted by Gasteiger charge is 2.14. The van der Waals surface area contributed by atoms with Crippen molar-refractivity contribution in [3.63, 3.8) is 0 Å². The normalized spacial score (nSPS) is 10.9. The number of carboxylic acid groups (broad SMARTS) is 1. The summed E-state index contributed by atoms with van der Waals surface area (Å²) in [7, 11) is 5.05. The zero-order valence-electron chi connectivity index (χ0n) is 19.0. The molecule has 8 nitrogen and oxygen atoms in total. The van der Waals surface area contributed by atoms with Gasteiger partial charge in [0.1, 0.15) is 6.61 Å². The highest BCUT2D eigenvalue weighted by molar-refractivity contribution is 6.33. The number of hydrogen-bond acceptors (Lipinski definition) is 5. The van der Waals surface area contributed by atoms with E-state index in [-0.39, 0.29) is 17.9 Å². The van der Waals surface area contributed by atoms with Crippen LogP contribution in [0.3, 0.4) is 0 Å². The molecule has 0 fully saturated rings. The zero-order valence-corrected chi connectivity index (χ0v) is 19.7. The summed E-state index contributed by atoms with van der Waals surface area (Å²) in [5.41, 5.74) is 3.93. The molecule has 176 valence electrons. The van der Waals surface area contributed by atoms with Gasteiger partial charge in [0, 0.05) is 26.2 Å². The van der Waals surface area contributed by atoms with Gasteiger partial charge in [0.2, 0.25) is 0 Å². The molecule has 4 aromatic rings. The monoisotopic (exact) mass is 481 g/mol. The first-order valence-corrected chi connectivity index (χ1v) is 10.9. The fourth-order valence-electron chi connectivity index (χ4n) is 3.81. The van der Waals surface area contributed by atoms with Crippen molar-refractivity contribution in [2.24, 2.45) is 14.1 Å². The number of benzene rings is 3. The summed E-state index contributed by atoms with van der Waals surface area (Å²) in [6.07, 6.45) is 0. The lowest BCUT2D eigenvalue weighted by molar-refractivity contribution is 0.0697. The largest absolute Gasteiger partial charge is 0.493 e. The van der Waals surface area contributed by atoms with E-state index in [2.05, 4.69) is 5.32 Å². The molecule has 1 heterocycles. The van der Waals surface area contributed by atoms with Gasteiger partial charge in [-0.2, -0.15) is 0 Å². The third-order valence-electron chi connectivity index (χ3n) is 5.68. The Bertz CT molecular complexity index is 1440. The van der Waals surface area contributed by atoms with Crippen LogP contribution in [-0.2, 0) is 27.2 Å². The first kappa shape index (κ1) is 23.3. The molecule has 0 saturated heterocycles. The number of anilines is 1. The van der Waals surface area contributed by atoms with Crippen LogP contribution in [-0.4, -0.2) is 27.3 Å². The molecule has 1 aromatic heterocycles. The molecule has 0 aliphatic heterocycles. The maximum atomic E-state index is 12.2. The summed E-state index contributed by atoms with van der Waals surface area (Å²) < 4.78 is 14.9. The molecule has 0 radical (unpaired) electrons. The van der Waals surface area contributed by atoms with Crippen molar-refractivity contribution in [3.8, 4) is 11.5 Å². The van der Waals surface area contributed by atoms with E-state index in [0.29, 0.717) is 28.8 Å². The average molecular weight is 482 g/mol. The summed E-state index contributed by atoms with van der Waals surface area (Å²) in [5.74, 6) is 0.0981. The number of nitrogens with zero attached hydrogens (tertiary/aromatic N) is 2. The summed E-state index contributed by atoms with van der Waals surface area (Å²) in [4.78, 5) is 23.5. The van der Waals surface area contributed by atoms with E-state index in [1.54, 1.807) is 42.5 Å². The van der Waals surface area contributed by atoms with E-state index in [1.165, 1.54) is 12.1 Å². The van der Waals surface area contributed by atoms with Gasteiger partial charge >= 0.3 is 11.7 Å². The number of aryl methyl sites for hydroxylation is 2. The molecule has 4 rings (SSSR count). The summed E-state index contributed by atoms with van der Waals surface area (Å²) in [6.45, 7) is 0.600. The number of aromatic carboxylic acids is 1. The van der Waals surface area contributed by atoms with Crippen molar-refractivity contribution in [1.29, 1.82) is 0 Å². The summed E-state index contributed by atoms with van der Waals surface area (Å²) >= 11 is 6.24. The Morgan fingerprint density at radius 1 is 1.06 bits per heavy atom. The minimum atomic E-state index is -1.03. The second kappa shape index (κ2) is 9.52. The Labute approximate surface area is 200 Å². The topological polar surface area (TPSA) is 94.7 Å². The Morgan fingerprint density at radius 2 is 1.82 bits per heavy atom. The van der Waals surface area contributed by atoms with Gasteiger partial charge < -0.3 is 19.9 Å². The number of fused-ring (bicyclic) bond motifs is 1. The van der Waals surface area contributed by atoms with Gasteiger partial charge in [0.15, 0.2) is 11.5 Å². The van der Waals surface area contributed by atoms with Gasteiger partial charge in [0.25, 0.3) is 0 Å². The number of para-hydroxylation sites is 1. The van der Waals surface area contributed by atoms with Gasteiger partial charge in [0.05, 0.1) is 34.4 Å². The van der Waals surface area contributed by atoms with Crippen molar-refractivity contribution < 1.29 is 19.4 Å². The number of rotatable bonds is 8. The highest BCUT2D eigenvalue weighted by Crippen LogP contribution is 2.33. The lowest BCUT2D eigenvalue weighted by Crippen LogP contribution is -2.19. The molecule has 0 atom stereocenters. The Kier molecular flexibility index (Phi) is 6.51. The van der Waals surface area contributed by atoms with Crippen LogP contribution in [0.25, 0.3) is 11.0 Å². The number of carboxylic acids is 1. The van der Waals surface area contributed by atoms with Crippen molar-refractivity contribution >= 4 is 34.3 Å². The minimum Gasteiger partial charge on any atom is -0.493 e. The quantitative estimate of drug-likeness (QED) is 0.386. The third kappa shape index (κ3) is 4.45. The van der Waals surface area contributed by atoms with E-state index in [1.807, 2.05) is 30.3 Å². The van der Waals surface area contributed by atoms with Crippen molar-refractivity contribution in [2.45, 2.75) is 13.2 Å². The molecule has 34 heavy (non-hydrogen) atoms. The van der Waals surface area contributed by atoms with Crippen LogP contribution in [0.5, 0.6) is 11.5 Å². The predicted molar refractivity (Wildman–Crippen MR) is 131 cm³/mol. The molecule has 2 N–H and O–H groups in total. The number of aromatic nitrogens is 2.